The molecule has 0 bridgehead atoms. The van der Waals surface area contributed by atoms with Crippen LogP contribution in [0.15, 0.2) is 41.3 Å². The van der Waals surface area contributed by atoms with Crippen LogP contribution < -0.4 is 10.1 Å². The highest BCUT2D eigenvalue weighted by atomic mass is 32.2. The standard InChI is InChI=1S/C26H24FN3O7S/c27-15-4-6-21-17(12-15)20(31)13-26(37-21)8-10-29(11-9-26)38(35,36)22-3-1-2-16-18(22)14-30(25(16)34)19-5-7-23(32)28-24(19)33/h1-4,6,12,19H,5,7-11,13-14H2,(H,28,32,33). The number of sulfonamides is 1. The predicted molar refractivity (Wildman–Crippen MR) is 129 cm³/mol. The van der Waals surface area contributed by atoms with E-state index in [-0.39, 0.29) is 73.5 Å². The van der Waals surface area contributed by atoms with E-state index in [1.54, 1.807) is 0 Å². The smallest absolute Gasteiger partial charge is 0.255 e. The lowest BCUT2D eigenvalue weighted by atomic mass is 9.83. The predicted octanol–water partition coefficient (Wildman–Crippen LogP) is 1.78. The van der Waals surface area contributed by atoms with Gasteiger partial charge < -0.3 is 9.64 Å². The molecule has 2 aromatic rings. The minimum absolute atomic E-state index is 0.00412. The lowest BCUT2D eigenvalue weighted by molar-refractivity contribution is -0.136. The zero-order valence-corrected chi connectivity index (χ0v) is 21.1. The molecule has 1 atom stereocenters. The summed E-state index contributed by atoms with van der Waals surface area (Å²) in [4.78, 5) is 51.0. The number of fused-ring (bicyclic) bond motifs is 2. The highest BCUT2D eigenvalue weighted by molar-refractivity contribution is 7.89. The van der Waals surface area contributed by atoms with Crippen molar-refractivity contribution < 1.29 is 36.7 Å². The van der Waals surface area contributed by atoms with Gasteiger partial charge in [0, 0.05) is 50.0 Å². The molecule has 2 aromatic carbocycles. The van der Waals surface area contributed by atoms with Crippen molar-refractivity contribution in [3.05, 3.63) is 58.9 Å². The van der Waals surface area contributed by atoms with Gasteiger partial charge in [0.1, 0.15) is 23.2 Å². The first-order valence-electron chi connectivity index (χ1n) is 12.4. The van der Waals surface area contributed by atoms with Crippen LogP contribution in [0.2, 0.25) is 0 Å². The van der Waals surface area contributed by atoms with Crippen molar-refractivity contribution in [2.24, 2.45) is 0 Å². The van der Waals surface area contributed by atoms with E-state index in [0.29, 0.717) is 11.3 Å². The number of benzene rings is 2. The maximum atomic E-state index is 13.7. The number of halogens is 1. The zero-order chi connectivity index (χ0) is 26.8. The lowest BCUT2D eigenvalue weighted by Gasteiger charge is -2.43. The first-order valence-corrected chi connectivity index (χ1v) is 13.8. The second-order valence-corrected chi connectivity index (χ2v) is 12.0. The number of rotatable bonds is 3. The van der Waals surface area contributed by atoms with Crippen LogP contribution in [0.3, 0.4) is 0 Å². The Kier molecular flexibility index (Phi) is 5.65. The van der Waals surface area contributed by atoms with Gasteiger partial charge >= 0.3 is 0 Å². The Labute approximate surface area is 217 Å². The Morgan fingerprint density at radius 2 is 1.79 bits per heavy atom. The molecule has 1 spiro atoms. The van der Waals surface area contributed by atoms with E-state index >= 15 is 0 Å². The third kappa shape index (κ3) is 3.90. The maximum absolute atomic E-state index is 13.7. The summed E-state index contributed by atoms with van der Waals surface area (Å²) in [5, 5.41) is 2.24. The van der Waals surface area contributed by atoms with E-state index in [2.05, 4.69) is 5.32 Å². The molecule has 198 valence electrons. The van der Waals surface area contributed by atoms with Gasteiger partial charge in [-0.1, -0.05) is 6.07 Å². The zero-order valence-electron chi connectivity index (χ0n) is 20.2. The molecule has 2 saturated heterocycles. The molecule has 12 heteroatoms. The minimum Gasteiger partial charge on any atom is -0.486 e. The molecule has 4 heterocycles. The summed E-state index contributed by atoms with van der Waals surface area (Å²) in [6.07, 6.45) is 0.847. The average molecular weight is 542 g/mol. The Bertz CT molecular complexity index is 1510. The molecule has 0 aliphatic carbocycles. The van der Waals surface area contributed by atoms with Gasteiger partial charge in [-0.15, -0.1) is 0 Å². The van der Waals surface area contributed by atoms with Crippen LogP contribution in [0, 0.1) is 5.82 Å². The van der Waals surface area contributed by atoms with Gasteiger partial charge in [-0.05, 0) is 36.8 Å². The van der Waals surface area contributed by atoms with Gasteiger partial charge in [0.05, 0.1) is 16.9 Å². The molecule has 0 aromatic heterocycles. The Morgan fingerprint density at radius 1 is 1.03 bits per heavy atom. The van der Waals surface area contributed by atoms with Crippen LogP contribution in [0.1, 0.15) is 58.4 Å². The lowest BCUT2D eigenvalue weighted by Crippen LogP contribution is -2.52. The van der Waals surface area contributed by atoms with E-state index in [1.165, 1.54) is 39.5 Å². The van der Waals surface area contributed by atoms with Crippen LogP contribution in [-0.2, 0) is 26.2 Å². The van der Waals surface area contributed by atoms with Crippen LogP contribution in [0.25, 0.3) is 0 Å². The second kappa shape index (κ2) is 8.70. The first kappa shape index (κ1) is 24.7. The van der Waals surface area contributed by atoms with Gasteiger partial charge in [-0.2, -0.15) is 4.31 Å². The molecular formula is C26H24FN3O7S. The number of nitrogens with zero attached hydrogens (tertiary/aromatic N) is 2. The molecule has 4 aliphatic rings. The van der Waals surface area contributed by atoms with Gasteiger partial charge in [0.25, 0.3) is 5.91 Å². The summed E-state index contributed by atoms with van der Waals surface area (Å²) in [6.45, 7) is 0.139. The van der Waals surface area contributed by atoms with E-state index in [9.17, 15) is 32.0 Å². The number of Topliss-reactive ketones (excluding diaryl/α,β-unsaturated/α-hetero) is 1. The Balaban J connectivity index is 1.22. The average Bonchev–Trinajstić information content (AvgIpc) is 3.21. The van der Waals surface area contributed by atoms with Crippen molar-refractivity contribution >= 4 is 33.5 Å². The summed E-state index contributed by atoms with van der Waals surface area (Å²) < 4.78 is 48.5. The molecular weight excluding hydrogens is 517 g/mol. The summed E-state index contributed by atoms with van der Waals surface area (Å²) in [7, 11) is -4.01. The monoisotopic (exact) mass is 541 g/mol. The number of hydrogen-bond acceptors (Lipinski definition) is 7. The molecule has 1 unspecified atom stereocenters. The van der Waals surface area contributed by atoms with Gasteiger partial charge in [0.2, 0.25) is 21.8 Å². The van der Waals surface area contributed by atoms with Crippen molar-refractivity contribution in [2.75, 3.05) is 13.1 Å². The fourth-order valence-electron chi connectivity index (χ4n) is 5.82. The minimum atomic E-state index is -4.01. The fraction of sp³-hybridized carbons (Fsp3) is 0.385. The third-order valence-electron chi connectivity index (χ3n) is 7.84. The van der Waals surface area contributed by atoms with Crippen molar-refractivity contribution in [3.63, 3.8) is 0 Å². The van der Waals surface area contributed by atoms with E-state index in [4.69, 9.17) is 4.74 Å². The van der Waals surface area contributed by atoms with Crippen molar-refractivity contribution in [3.8, 4) is 5.75 Å². The molecule has 0 saturated carbocycles. The fourth-order valence-corrected chi connectivity index (χ4v) is 7.50. The summed E-state index contributed by atoms with van der Waals surface area (Å²) >= 11 is 0. The molecule has 3 amide bonds. The first-order chi connectivity index (χ1) is 18.1. The number of carbonyl (C=O) groups excluding carboxylic acids is 4. The second-order valence-electron chi connectivity index (χ2n) is 10.1. The van der Waals surface area contributed by atoms with Crippen molar-refractivity contribution in [2.45, 2.75) is 55.2 Å². The number of piperidine rings is 2. The number of ketones is 1. The van der Waals surface area contributed by atoms with Gasteiger partial charge in [0.15, 0.2) is 5.78 Å². The van der Waals surface area contributed by atoms with E-state index in [0.717, 1.165) is 6.07 Å². The largest absolute Gasteiger partial charge is 0.486 e. The van der Waals surface area contributed by atoms with Crippen LogP contribution in [-0.4, -0.2) is 65.9 Å². The third-order valence-corrected chi connectivity index (χ3v) is 9.83. The number of hydrogen-bond donors (Lipinski definition) is 1. The molecule has 38 heavy (non-hydrogen) atoms. The van der Waals surface area contributed by atoms with Crippen molar-refractivity contribution in [1.29, 1.82) is 0 Å². The number of amides is 3. The van der Waals surface area contributed by atoms with Crippen LogP contribution >= 0.6 is 0 Å². The number of carbonyl (C=O) groups is 4. The quantitative estimate of drug-likeness (QED) is 0.586. The summed E-state index contributed by atoms with van der Waals surface area (Å²) in [6, 6.07) is 7.43. The topological polar surface area (TPSA) is 130 Å². The van der Waals surface area contributed by atoms with E-state index in [1.807, 2.05) is 0 Å². The molecule has 6 rings (SSSR count). The van der Waals surface area contributed by atoms with Gasteiger partial charge in [-0.3, -0.25) is 24.5 Å². The van der Waals surface area contributed by atoms with Crippen molar-refractivity contribution in [1.82, 2.24) is 14.5 Å². The molecule has 4 aliphatic heterocycles. The molecule has 0 radical (unpaired) electrons. The van der Waals surface area contributed by atoms with Gasteiger partial charge in [-0.25, -0.2) is 12.8 Å². The summed E-state index contributed by atoms with van der Waals surface area (Å²) in [5.41, 5.74) is -0.141. The Morgan fingerprint density at radius 3 is 2.53 bits per heavy atom. The normalized spacial score (nSPS) is 23.2. The van der Waals surface area contributed by atoms with Crippen LogP contribution in [0.5, 0.6) is 5.75 Å². The van der Waals surface area contributed by atoms with Crippen LogP contribution in [0.4, 0.5) is 4.39 Å². The van der Waals surface area contributed by atoms with E-state index < -0.39 is 45.2 Å². The summed E-state index contributed by atoms with van der Waals surface area (Å²) in [5.74, 6) is -1.89. The molecule has 1 N–H and O–H groups in total. The Hall–Kier alpha value is -3.64. The number of ether oxygens (including phenoxy) is 1. The highest BCUT2D eigenvalue weighted by Gasteiger charge is 2.47. The number of imide groups is 1. The highest BCUT2D eigenvalue weighted by Crippen LogP contribution is 2.41. The maximum Gasteiger partial charge on any atom is 0.255 e. The molecule has 10 nitrogen and oxygen atoms in total. The SMILES string of the molecule is O=C1CCC(N2Cc3c(cccc3S(=O)(=O)N3CCC4(CC3)CC(=O)c3cc(F)ccc3O4)C2=O)C(=O)N1. The molecule has 2 fully saturated rings. The number of nitrogens with one attached hydrogen (secondary N) is 1.